The van der Waals surface area contributed by atoms with Crippen LogP contribution in [0.2, 0.25) is 0 Å². The van der Waals surface area contributed by atoms with Gasteiger partial charge >= 0.3 is 0 Å². The fourth-order valence-electron chi connectivity index (χ4n) is 5.22. The molecule has 0 aliphatic carbocycles. The molecule has 2 N–H and O–H groups in total. The van der Waals surface area contributed by atoms with Crippen molar-refractivity contribution in [1.29, 1.82) is 0 Å². The van der Waals surface area contributed by atoms with Gasteiger partial charge in [0.05, 0.1) is 11.0 Å². The number of nitrogens with one attached hydrogen (secondary N) is 2. The molecule has 1 aliphatic rings. The minimum absolute atomic E-state index is 0.160. The molecule has 1 saturated heterocycles. The molecule has 3 aromatic heterocycles. The smallest absolute Gasteiger partial charge is 0.242 e. The Balaban J connectivity index is 1.27. The summed E-state index contributed by atoms with van der Waals surface area (Å²) in [6.45, 7) is 10.1. The number of H-pyrrole nitrogens is 1. The molecule has 1 fully saturated rings. The highest BCUT2D eigenvalue weighted by molar-refractivity contribution is 5.81. The third-order valence-electron chi connectivity index (χ3n) is 6.84. The first-order chi connectivity index (χ1) is 17.8. The van der Waals surface area contributed by atoms with E-state index in [1.54, 1.807) is 0 Å². The summed E-state index contributed by atoms with van der Waals surface area (Å²) < 4.78 is 2.11. The lowest BCUT2D eigenvalue weighted by Crippen LogP contribution is -2.42. The van der Waals surface area contributed by atoms with Crippen LogP contribution in [0.3, 0.4) is 0 Å². The van der Waals surface area contributed by atoms with Gasteiger partial charge in [-0.15, -0.1) is 0 Å². The van der Waals surface area contributed by atoms with E-state index in [4.69, 9.17) is 4.98 Å². The van der Waals surface area contributed by atoms with Crippen LogP contribution in [0.5, 0.6) is 0 Å². The molecule has 0 bridgehead atoms. The molecule has 1 aliphatic heterocycles. The maximum atomic E-state index is 13.5. The molecule has 194 valence electrons. The summed E-state index contributed by atoms with van der Waals surface area (Å²) in [5.41, 5.74) is 3.96. The van der Waals surface area contributed by atoms with Crippen LogP contribution in [0.4, 0.5) is 11.6 Å². The van der Waals surface area contributed by atoms with Gasteiger partial charge in [-0.25, -0.2) is 15.0 Å². The number of likely N-dealkylation sites (tertiary alicyclic amines) is 1. The Labute approximate surface area is 217 Å². The van der Waals surface area contributed by atoms with E-state index < -0.39 is 0 Å². The second-order valence-electron chi connectivity index (χ2n) is 10.6. The zero-order chi connectivity index (χ0) is 25.9. The molecular formula is C28H36N8O. The first-order valence-electron chi connectivity index (χ1n) is 13.2. The van der Waals surface area contributed by atoms with Crippen molar-refractivity contribution in [3.63, 3.8) is 0 Å². The highest BCUT2D eigenvalue weighted by atomic mass is 16.2. The minimum Gasteiger partial charge on any atom is -0.341 e. The third kappa shape index (κ3) is 5.98. The van der Waals surface area contributed by atoms with Crippen molar-refractivity contribution in [2.45, 2.75) is 59.9 Å². The van der Waals surface area contributed by atoms with E-state index in [-0.39, 0.29) is 5.91 Å². The number of carbonyl (C=O) groups is 1. The number of hydrogen-bond donors (Lipinski definition) is 2. The number of fused-ring (bicyclic) bond motifs is 1. The molecular weight excluding hydrogens is 464 g/mol. The van der Waals surface area contributed by atoms with Crippen LogP contribution in [0.1, 0.15) is 49.7 Å². The summed E-state index contributed by atoms with van der Waals surface area (Å²) in [4.78, 5) is 29.6. The van der Waals surface area contributed by atoms with Crippen molar-refractivity contribution >= 4 is 28.6 Å². The highest BCUT2D eigenvalue weighted by Gasteiger charge is 2.26. The topological polar surface area (TPSA) is 105 Å². The van der Waals surface area contributed by atoms with Gasteiger partial charge in [0, 0.05) is 43.0 Å². The van der Waals surface area contributed by atoms with Crippen LogP contribution in [0.15, 0.2) is 36.4 Å². The largest absolute Gasteiger partial charge is 0.341 e. The van der Waals surface area contributed by atoms with Gasteiger partial charge in [-0.05, 0) is 57.1 Å². The summed E-state index contributed by atoms with van der Waals surface area (Å²) in [5, 5.41) is 10.4. The minimum atomic E-state index is 0.160. The fraction of sp³-hybridized carbons (Fsp3) is 0.464. The quantitative estimate of drug-likeness (QED) is 0.367. The summed E-state index contributed by atoms with van der Waals surface area (Å²) >= 11 is 0. The second kappa shape index (κ2) is 10.7. The number of imidazole rings is 1. The molecule has 0 saturated carbocycles. The lowest BCUT2D eigenvalue weighted by molar-refractivity contribution is -0.133. The predicted octanol–water partition coefficient (Wildman–Crippen LogP) is 4.59. The number of benzene rings is 1. The van der Waals surface area contributed by atoms with Crippen LogP contribution in [0.25, 0.3) is 11.0 Å². The van der Waals surface area contributed by atoms with Gasteiger partial charge in [0.15, 0.2) is 5.82 Å². The van der Waals surface area contributed by atoms with E-state index in [9.17, 15) is 4.79 Å². The first-order valence-corrected chi connectivity index (χ1v) is 13.2. The third-order valence-corrected chi connectivity index (χ3v) is 6.84. The number of aromatic nitrogens is 6. The van der Waals surface area contributed by atoms with Crippen LogP contribution >= 0.6 is 0 Å². The van der Waals surface area contributed by atoms with E-state index in [0.717, 1.165) is 84.5 Å². The van der Waals surface area contributed by atoms with Gasteiger partial charge in [0.2, 0.25) is 5.91 Å². The van der Waals surface area contributed by atoms with Gasteiger partial charge in [0.1, 0.15) is 24.0 Å². The first kappa shape index (κ1) is 24.9. The molecule has 1 aromatic carbocycles. The molecule has 1 amide bonds. The number of aromatic amines is 1. The Morgan fingerprint density at radius 2 is 1.97 bits per heavy atom. The fourth-order valence-corrected chi connectivity index (χ4v) is 5.22. The Morgan fingerprint density at radius 1 is 1.14 bits per heavy atom. The van der Waals surface area contributed by atoms with Crippen molar-refractivity contribution in [3.8, 4) is 0 Å². The van der Waals surface area contributed by atoms with Gasteiger partial charge in [-0.2, -0.15) is 5.10 Å². The lowest BCUT2D eigenvalue weighted by Gasteiger charge is -2.33. The Bertz CT molecular complexity index is 1390. The Hall–Kier alpha value is -3.75. The van der Waals surface area contributed by atoms with Crippen molar-refractivity contribution in [2.75, 3.05) is 18.4 Å². The Morgan fingerprint density at radius 3 is 2.76 bits per heavy atom. The predicted molar refractivity (Wildman–Crippen MR) is 145 cm³/mol. The number of hydrogen-bond acceptors (Lipinski definition) is 6. The van der Waals surface area contributed by atoms with Crippen LogP contribution < -0.4 is 5.32 Å². The number of para-hydroxylation sites is 2. The van der Waals surface area contributed by atoms with Crippen molar-refractivity contribution in [1.82, 2.24) is 34.6 Å². The van der Waals surface area contributed by atoms with Crippen molar-refractivity contribution < 1.29 is 4.79 Å². The standard InChI is InChI=1S/C28H36N8O/c1-18(2)12-27-31-23-9-5-6-10-24(23)36(27)17-28(37)35-11-7-8-21(16-35)14-22-15-25(30-20(4)29-22)32-26-13-19(3)33-34-26/h5-6,9-10,13,15,18,21H,7-8,11-12,14,16-17H2,1-4H3,(H2,29,30,32,33,34). The molecule has 9 heteroatoms. The number of anilines is 2. The molecule has 4 aromatic rings. The molecule has 0 spiro atoms. The van der Waals surface area contributed by atoms with Crippen LogP contribution in [-0.4, -0.2) is 53.6 Å². The van der Waals surface area contributed by atoms with Gasteiger partial charge in [-0.3, -0.25) is 9.89 Å². The van der Waals surface area contributed by atoms with Crippen LogP contribution in [0, 0.1) is 25.7 Å². The highest BCUT2D eigenvalue weighted by Crippen LogP contribution is 2.24. The van der Waals surface area contributed by atoms with Gasteiger partial charge < -0.3 is 14.8 Å². The second-order valence-corrected chi connectivity index (χ2v) is 10.6. The Kier molecular flexibility index (Phi) is 7.21. The van der Waals surface area contributed by atoms with E-state index in [0.29, 0.717) is 18.4 Å². The number of carbonyl (C=O) groups excluding carboxylic acids is 1. The van der Waals surface area contributed by atoms with E-state index >= 15 is 0 Å². The molecule has 0 radical (unpaired) electrons. The number of amides is 1. The molecule has 5 rings (SSSR count). The normalized spacial score (nSPS) is 16.0. The summed E-state index contributed by atoms with van der Waals surface area (Å²) in [5.74, 6) is 4.18. The number of nitrogens with zero attached hydrogens (tertiary/aromatic N) is 6. The maximum absolute atomic E-state index is 13.5. The van der Waals surface area contributed by atoms with Crippen molar-refractivity contribution in [3.05, 3.63) is 59.4 Å². The SMILES string of the molecule is Cc1nc(CC2CCCN(C(=O)Cn3c(CC(C)C)nc4ccccc43)C2)cc(Nc2cc(C)[nH]n2)n1. The van der Waals surface area contributed by atoms with E-state index in [2.05, 4.69) is 50.0 Å². The molecule has 37 heavy (non-hydrogen) atoms. The monoisotopic (exact) mass is 500 g/mol. The van der Waals surface area contributed by atoms with Gasteiger partial charge in [0.25, 0.3) is 0 Å². The van der Waals surface area contributed by atoms with E-state index in [1.165, 1.54) is 0 Å². The molecule has 1 unspecified atom stereocenters. The molecule has 9 nitrogen and oxygen atoms in total. The number of aryl methyl sites for hydroxylation is 2. The zero-order valence-electron chi connectivity index (χ0n) is 22.2. The lowest BCUT2D eigenvalue weighted by atomic mass is 9.93. The van der Waals surface area contributed by atoms with Crippen LogP contribution in [-0.2, 0) is 24.2 Å². The molecule has 1 atom stereocenters. The zero-order valence-corrected chi connectivity index (χ0v) is 22.2. The summed E-state index contributed by atoms with van der Waals surface area (Å²) in [6, 6.07) is 12.0. The van der Waals surface area contributed by atoms with E-state index in [1.807, 2.05) is 49.1 Å². The van der Waals surface area contributed by atoms with Crippen molar-refractivity contribution in [2.24, 2.45) is 11.8 Å². The summed E-state index contributed by atoms with van der Waals surface area (Å²) in [7, 11) is 0. The van der Waals surface area contributed by atoms with Gasteiger partial charge in [-0.1, -0.05) is 26.0 Å². The maximum Gasteiger partial charge on any atom is 0.242 e. The average Bonchev–Trinajstić information content (AvgIpc) is 3.41. The number of rotatable bonds is 8. The number of piperidine rings is 1. The average molecular weight is 501 g/mol. The summed E-state index contributed by atoms with van der Waals surface area (Å²) in [6.07, 6.45) is 3.75. The molecule has 4 heterocycles.